The van der Waals surface area contributed by atoms with Crippen molar-refractivity contribution < 1.29 is 42.5 Å². The zero-order chi connectivity index (χ0) is 13.0. The molecule has 0 aromatic carbocycles. The molecule has 0 aromatic rings. The Balaban J connectivity index is 4.30. The van der Waals surface area contributed by atoms with Crippen molar-refractivity contribution in [1.82, 2.24) is 0 Å². The minimum atomic E-state index is -5.21. The molecule has 0 saturated carbocycles. The molecule has 0 aromatic heterocycles. The Morgan fingerprint density at radius 3 is 2.25 bits per heavy atom. The number of hydrogen-bond acceptors (Lipinski definition) is 6. The van der Waals surface area contributed by atoms with Crippen LogP contribution in [0, 0.1) is 0 Å². The topological polar surface area (TPSA) is 151 Å². The molecular weight excluding hydrogens is 266 g/mol. The molecule has 0 amide bonds. The molecule has 0 aliphatic heterocycles. The molecule has 2 unspecified atom stereocenters. The van der Waals surface area contributed by atoms with Crippen molar-refractivity contribution in [2.75, 3.05) is 6.61 Å². The molecule has 0 aliphatic carbocycles. The lowest BCUT2D eigenvalue weighted by atomic mass is 10.2. The molecule has 11 heteroatoms. The minimum Gasteiger partial charge on any atom is -0.381 e. The van der Waals surface area contributed by atoms with E-state index in [1.54, 1.807) is 0 Å². The summed E-state index contributed by atoms with van der Waals surface area (Å²) in [6.07, 6.45) is -0.757. The van der Waals surface area contributed by atoms with E-state index in [1.807, 2.05) is 0 Å². The Morgan fingerprint density at radius 2 is 1.88 bits per heavy atom. The Bertz CT molecular complexity index is 357. The lowest BCUT2D eigenvalue weighted by Crippen LogP contribution is -2.22. The van der Waals surface area contributed by atoms with Gasteiger partial charge in [0.2, 0.25) is 0 Å². The van der Waals surface area contributed by atoms with Crippen LogP contribution in [0.4, 0.5) is 0 Å². The third-order valence-electron chi connectivity index (χ3n) is 1.13. The summed E-state index contributed by atoms with van der Waals surface area (Å²) in [7, 11) is -10.3. The van der Waals surface area contributed by atoms with Crippen LogP contribution in [-0.4, -0.2) is 38.3 Å². The fourth-order valence-electron chi connectivity index (χ4n) is 0.520. The van der Waals surface area contributed by atoms with Crippen molar-refractivity contribution in [3.05, 3.63) is 12.7 Å². The van der Waals surface area contributed by atoms with Gasteiger partial charge in [-0.1, -0.05) is 6.08 Å². The minimum absolute atomic E-state index is 0.845. The highest BCUT2D eigenvalue weighted by Crippen LogP contribution is 2.57. The van der Waals surface area contributed by atoms with Gasteiger partial charge in [0, 0.05) is 0 Å². The number of rotatable bonds is 7. The van der Waals surface area contributed by atoms with E-state index < -0.39 is 34.1 Å². The van der Waals surface area contributed by atoms with Crippen LogP contribution in [0.1, 0.15) is 0 Å². The van der Waals surface area contributed by atoms with Gasteiger partial charge in [0.1, 0.15) is 12.7 Å². The zero-order valence-electron chi connectivity index (χ0n) is 7.79. The molecular formula is C5H10O9P2. The summed E-state index contributed by atoms with van der Waals surface area (Å²) in [5, 5.41) is 8.84. The summed E-state index contributed by atoms with van der Waals surface area (Å²) in [6.45, 7) is 2.02. The van der Waals surface area contributed by atoms with E-state index in [1.165, 1.54) is 0 Å². The number of carbonyl (C=O) groups is 1. The van der Waals surface area contributed by atoms with E-state index >= 15 is 0 Å². The molecule has 9 nitrogen and oxygen atoms in total. The van der Waals surface area contributed by atoms with Crippen LogP contribution in [0.5, 0.6) is 0 Å². The van der Waals surface area contributed by atoms with E-state index in [0.29, 0.717) is 0 Å². The highest BCUT2D eigenvalue weighted by Gasteiger charge is 2.33. The quantitative estimate of drug-likeness (QED) is 0.350. The molecule has 0 saturated heterocycles. The van der Waals surface area contributed by atoms with Gasteiger partial charge in [-0.3, -0.25) is 9.32 Å². The summed E-state index contributed by atoms with van der Waals surface area (Å²) in [6, 6.07) is 0. The predicted molar refractivity (Wildman–Crippen MR) is 50.1 cm³/mol. The molecule has 0 aliphatic rings. The highest BCUT2D eigenvalue weighted by atomic mass is 31.3. The highest BCUT2D eigenvalue weighted by molar-refractivity contribution is 7.60. The monoisotopic (exact) mass is 276 g/mol. The van der Waals surface area contributed by atoms with Crippen molar-refractivity contribution >= 4 is 21.4 Å². The standard InChI is InChI=1S/C5H10O9P2/c1-2-4(6)5(7)3-13-16(11,12)14-15(8,9)10/h2,4,6H,1,3H2,(H,11,12)(H2,8,9,10). The van der Waals surface area contributed by atoms with Crippen LogP contribution in [0.25, 0.3) is 0 Å². The van der Waals surface area contributed by atoms with Gasteiger partial charge in [0.15, 0.2) is 5.78 Å². The van der Waals surface area contributed by atoms with Gasteiger partial charge in [-0.05, 0) is 0 Å². The van der Waals surface area contributed by atoms with E-state index in [2.05, 4.69) is 15.4 Å². The SMILES string of the molecule is C=CC(O)C(=O)COP(=O)(O)OP(=O)(O)O. The molecule has 4 N–H and O–H groups in total. The van der Waals surface area contributed by atoms with Gasteiger partial charge >= 0.3 is 15.6 Å². The Labute approximate surface area is 90.2 Å². The molecule has 94 valence electrons. The average molecular weight is 276 g/mol. The van der Waals surface area contributed by atoms with Crippen molar-refractivity contribution in [2.45, 2.75) is 6.10 Å². The smallest absolute Gasteiger partial charge is 0.381 e. The van der Waals surface area contributed by atoms with Crippen molar-refractivity contribution in [1.29, 1.82) is 0 Å². The second kappa shape index (κ2) is 5.81. The van der Waals surface area contributed by atoms with Crippen molar-refractivity contribution in [3.8, 4) is 0 Å². The summed E-state index contributed by atoms with van der Waals surface area (Å²) < 4.78 is 28.3. The van der Waals surface area contributed by atoms with Crippen LogP contribution in [-0.2, 0) is 22.8 Å². The molecule has 0 fully saturated rings. The summed E-state index contributed by atoms with van der Waals surface area (Å²) in [5.74, 6) is -1.02. The first-order chi connectivity index (χ1) is 7.07. The molecule has 0 rings (SSSR count). The fourth-order valence-corrected chi connectivity index (χ4v) is 2.07. The van der Waals surface area contributed by atoms with Crippen LogP contribution in [0.15, 0.2) is 12.7 Å². The number of ketones is 1. The Morgan fingerprint density at radius 1 is 1.38 bits per heavy atom. The third kappa shape index (κ3) is 7.00. The van der Waals surface area contributed by atoms with Gasteiger partial charge in [0.25, 0.3) is 0 Å². The van der Waals surface area contributed by atoms with Crippen LogP contribution < -0.4 is 0 Å². The Hall–Kier alpha value is -0.370. The molecule has 2 atom stereocenters. The number of Topliss-reactive ketones (excluding diaryl/α,β-unsaturated/α-hetero) is 1. The molecule has 0 spiro atoms. The van der Waals surface area contributed by atoms with Gasteiger partial charge in [0.05, 0.1) is 0 Å². The van der Waals surface area contributed by atoms with E-state index in [9.17, 15) is 13.9 Å². The largest absolute Gasteiger partial charge is 0.481 e. The van der Waals surface area contributed by atoms with Crippen LogP contribution in [0.2, 0.25) is 0 Å². The number of carbonyl (C=O) groups excluding carboxylic acids is 1. The normalized spacial score (nSPS) is 17.5. The second-order valence-corrected chi connectivity index (χ2v) is 5.29. The number of hydrogen-bond donors (Lipinski definition) is 4. The Kier molecular flexibility index (Phi) is 5.67. The van der Waals surface area contributed by atoms with Gasteiger partial charge in [-0.2, -0.15) is 4.31 Å². The fraction of sp³-hybridized carbons (Fsp3) is 0.400. The predicted octanol–water partition coefficient (Wildman–Crippen LogP) is -0.671. The van der Waals surface area contributed by atoms with E-state index in [-0.39, 0.29) is 0 Å². The number of phosphoric acid groups is 2. The molecule has 0 radical (unpaired) electrons. The van der Waals surface area contributed by atoms with Gasteiger partial charge < -0.3 is 19.8 Å². The summed E-state index contributed by atoms with van der Waals surface area (Å²) >= 11 is 0. The third-order valence-corrected chi connectivity index (χ3v) is 3.26. The first-order valence-electron chi connectivity index (χ1n) is 3.65. The lowest BCUT2D eigenvalue weighted by Gasteiger charge is -2.12. The van der Waals surface area contributed by atoms with E-state index in [4.69, 9.17) is 19.8 Å². The average Bonchev–Trinajstić information content (AvgIpc) is 2.09. The second-order valence-electron chi connectivity index (χ2n) is 2.46. The maximum absolute atomic E-state index is 10.9. The summed E-state index contributed by atoms with van der Waals surface area (Å²) in [4.78, 5) is 36.0. The number of aliphatic hydroxyl groups is 1. The first kappa shape index (κ1) is 15.6. The molecule has 0 heterocycles. The van der Waals surface area contributed by atoms with Crippen LogP contribution >= 0.6 is 15.6 Å². The maximum atomic E-state index is 10.9. The summed E-state index contributed by atoms with van der Waals surface area (Å²) in [5.41, 5.74) is 0. The van der Waals surface area contributed by atoms with Crippen molar-refractivity contribution in [2.24, 2.45) is 0 Å². The van der Waals surface area contributed by atoms with Crippen LogP contribution in [0.3, 0.4) is 0 Å². The molecule has 16 heavy (non-hydrogen) atoms. The maximum Gasteiger partial charge on any atom is 0.481 e. The molecule has 0 bridgehead atoms. The van der Waals surface area contributed by atoms with Gasteiger partial charge in [-0.25, -0.2) is 9.13 Å². The van der Waals surface area contributed by atoms with E-state index in [0.717, 1.165) is 6.08 Å². The van der Waals surface area contributed by atoms with Crippen molar-refractivity contribution in [3.63, 3.8) is 0 Å². The van der Waals surface area contributed by atoms with Gasteiger partial charge in [-0.15, -0.1) is 6.58 Å². The zero-order valence-corrected chi connectivity index (χ0v) is 9.58. The lowest BCUT2D eigenvalue weighted by molar-refractivity contribution is -0.127. The first-order valence-corrected chi connectivity index (χ1v) is 6.67. The number of phosphoric ester groups is 1. The number of aliphatic hydroxyl groups excluding tert-OH is 1.